The smallest absolute Gasteiger partial charge is 0.225 e. The molecule has 186 valence electrons. The second-order valence-electron chi connectivity index (χ2n) is 9.32. The summed E-state index contributed by atoms with van der Waals surface area (Å²) in [4.78, 5) is 22.1. The first-order valence-corrected chi connectivity index (χ1v) is 12.7. The van der Waals surface area contributed by atoms with Crippen LogP contribution in [0.2, 0.25) is 0 Å². The van der Waals surface area contributed by atoms with Crippen molar-refractivity contribution in [2.75, 3.05) is 14.2 Å². The van der Waals surface area contributed by atoms with Crippen LogP contribution in [0.15, 0.2) is 48.5 Å². The number of methoxy groups -OCH3 is 2. The number of ketones is 1. The summed E-state index contributed by atoms with van der Waals surface area (Å²) in [5.41, 5.74) is 5.78. The maximum absolute atomic E-state index is 12.2. The van der Waals surface area contributed by atoms with E-state index in [0.29, 0.717) is 35.9 Å². The number of allylic oxidation sites excluding steroid dienone is 1. The van der Waals surface area contributed by atoms with E-state index < -0.39 is 0 Å². The van der Waals surface area contributed by atoms with Crippen molar-refractivity contribution < 1.29 is 19.0 Å². The number of ether oxygens (including phenoxy) is 3. The van der Waals surface area contributed by atoms with Gasteiger partial charge in [0.05, 0.1) is 25.5 Å². The SMILES string of the molecule is CCC(=O)c1ccc(Cc2nc3c(c(OC4CCCC4)n2)C(c2ccc(OC)cc2)=CC3)c(OC)c1. The fraction of sp³-hybridized carbons (Fsp3) is 0.367. The summed E-state index contributed by atoms with van der Waals surface area (Å²) in [6, 6.07) is 13.7. The molecule has 0 saturated heterocycles. The lowest BCUT2D eigenvalue weighted by atomic mass is 10.0. The second-order valence-corrected chi connectivity index (χ2v) is 9.32. The average Bonchev–Trinajstić information content (AvgIpc) is 3.58. The third-order valence-electron chi connectivity index (χ3n) is 7.03. The van der Waals surface area contributed by atoms with Crippen molar-refractivity contribution in [3.8, 4) is 17.4 Å². The van der Waals surface area contributed by atoms with Gasteiger partial charge in [0, 0.05) is 30.4 Å². The monoisotopic (exact) mass is 484 g/mol. The third-order valence-corrected chi connectivity index (χ3v) is 7.03. The molecule has 5 rings (SSSR count). The molecule has 6 heteroatoms. The van der Waals surface area contributed by atoms with Gasteiger partial charge in [-0.25, -0.2) is 4.98 Å². The molecule has 0 radical (unpaired) electrons. The van der Waals surface area contributed by atoms with Gasteiger partial charge >= 0.3 is 0 Å². The lowest BCUT2D eigenvalue weighted by molar-refractivity contribution is 0.0988. The maximum atomic E-state index is 12.2. The zero-order chi connectivity index (χ0) is 25.1. The van der Waals surface area contributed by atoms with Crippen molar-refractivity contribution >= 4 is 11.4 Å². The standard InChI is InChI=1S/C30H32N2O4/c1-4-26(33)20-9-10-21(27(17-20)35-3)18-28-31-25-16-15-24(19-11-13-22(34-2)14-12-19)29(25)30(32-28)36-23-7-5-6-8-23/h9-15,17,23H,4-8,16,18H2,1-3H3. The van der Waals surface area contributed by atoms with E-state index >= 15 is 0 Å². The van der Waals surface area contributed by atoms with Crippen LogP contribution in [0.1, 0.15) is 77.6 Å². The Hall–Kier alpha value is -3.67. The molecule has 2 aromatic carbocycles. The van der Waals surface area contributed by atoms with Crippen molar-refractivity contribution in [2.24, 2.45) is 0 Å². The molecule has 1 heterocycles. The Balaban J connectivity index is 1.50. The van der Waals surface area contributed by atoms with Crippen LogP contribution in [0.3, 0.4) is 0 Å². The summed E-state index contributed by atoms with van der Waals surface area (Å²) in [5, 5.41) is 0. The minimum absolute atomic E-state index is 0.0954. The molecule has 2 aliphatic carbocycles. The van der Waals surface area contributed by atoms with Crippen molar-refractivity contribution in [1.29, 1.82) is 0 Å². The summed E-state index contributed by atoms with van der Waals surface area (Å²) < 4.78 is 17.5. The molecule has 1 saturated carbocycles. The Labute approximate surface area is 212 Å². The molecule has 0 atom stereocenters. The van der Waals surface area contributed by atoms with E-state index in [2.05, 4.69) is 18.2 Å². The van der Waals surface area contributed by atoms with Crippen LogP contribution in [0, 0.1) is 0 Å². The fourth-order valence-electron chi connectivity index (χ4n) is 5.05. The molecule has 0 spiro atoms. The quantitative estimate of drug-likeness (QED) is 0.348. The van der Waals surface area contributed by atoms with Gasteiger partial charge in [0.25, 0.3) is 0 Å². The maximum Gasteiger partial charge on any atom is 0.225 e. The highest BCUT2D eigenvalue weighted by Crippen LogP contribution is 2.39. The number of nitrogens with zero attached hydrogens (tertiary/aromatic N) is 2. The number of carbonyl (C=O) groups is 1. The number of fused-ring (bicyclic) bond motifs is 1. The summed E-state index contributed by atoms with van der Waals surface area (Å²) in [7, 11) is 3.30. The number of benzene rings is 2. The van der Waals surface area contributed by atoms with E-state index in [9.17, 15) is 4.79 Å². The molecule has 0 N–H and O–H groups in total. The lowest BCUT2D eigenvalue weighted by Gasteiger charge is -2.18. The number of Topliss-reactive ketones (excluding diaryl/α,β-unsaturated/α-hetero) is 1. The summed E-state index contributed by atoms with van der Waals surface area (Å²) in [6.07, 6.45) is 8.55. The van der Waals surface area contributed by atoms with Crippen LogP contribution >= 0.6 is 0 Å². The largest absolute Gasteiger partial charge is 0.497 e. The van der Waals surface area contributed by atoms with Crippen LogP contribution in [0.25, 0.3) is 5.57 Å². The Morgan fingerprint density at radius 1 is 1.00 bits per heavy atom. The predicted octanol–water partition coefficient (Wildman–Crippen LogP) is 5.99. The highest BCUT2D eigenvalue weighted by Gasteiger charge is 2.27. The Morgan fingerprint density at radius 3 is 2.47 bits per heavy atom. The van der Waals surface area contributed by atoms with Gasteiger partial charge in [0.2, 0.25) is 5.88 Å². The zero-order valence-corrected chi connectivity index (χ0v) is 21.2. The van der Waals surface area contributed by atoms with Gasteiger partial charge in [0.1, 0.15) is 23.4 Å². The molecule has 0 bridgehead atoms. The minimum Gasteiger partial charge on any atom is -0.497 e. The van der Waals surface area contributed by atoms with Gasteiger partial charge < -0.3 is 14.2 Å². The van der Waals surface area contributed by atoms with E-state index in [1.807, 2.05) is 37.3 Å². The number of hydrogen-bond donors (Lipinski definition) is 0. The zero-order valence-electron chi connectivity index (χ0n) is 21.2. The van der Waals surface area contributed by atoms with E-state index in [0.717, 1.165) is 53.0 Å². The predicted molar refractivity (Wildman–Crippen MR) is 139 cm³/mol. The Kier molecular flexibility index (Phi) is 7.03. The van der Waals surface area contributed by atoms with E-state index in [1.54, 1.807) is 14.2 Å². The first-order valence-electron chi connectivity index (χ1n) is 12.7. The lowest BCUT2D eigenvalue weighted by Crippen LogP contribution is -2.15. The van der Waals surface area contributed by atoms with Gasteiger partial charge in [-0.1, -0.05) is 37.3 Å². The van der Waals surface area contributed by atoms with Gasteiger partial charge in [-0.3, -0.25) is 4.79 Å². The molecule has 1 fully saturated rings. The van der Waals surface area contributed by atoms with Gasteiger partial charge in [-0.2, -0.15) is 4.98 Å². The molecule has 6 nitrogen and oxygen atoms in total. The molecule has 3 aromatic rings. The number of carbonyl (C=O) groups excluding carboxylic acids is 1. The topological polar surface area (TPSA) is 70.5 Å². The first-order chi connectivity index (χ1) is 17.6. The number of hydrogen-bond acceptors (Lipinski definition) is 6. The highest BCUT2D eigenvalue weighted by molar-refractivity contribution is 5.96. The van der Waals surface area contributed by atoms with E-state index in [4.69, 9.17) is 24.2 Å². The van der Waals surface area contributed by atoms with Crippen LogP contribution in [-0.2, 0) is 12.8 Å². The fourth-order valence-corrected chi connectivity index (χ4v) is 5.05. The van der Waals surface area contributed by atoms with Crippen molar-refractivity contribution in [3.05, 3.63) is 82.3 Å². The van der Waals surface area contributed by atoms with E-state index in [1.165, 1.54) is 12.8 Å². The van der Waals surface area contributed by atoms with Crippen LogP contribution in [0.5, 0.6) is 17.4 Å². The minimum atomic E-state index is 0.0954. The summed E-state index contributed by atoms with van der Waals surface area (Å²) in [5.74, 6) is 2.95. The van der Waals surface area contributed by atoms with E-state index in [-0.39, 0.29) is 11.9 Å². The van der Waals surface area contributed by atoms with Crippen LogP contribution in [-0.4, -0.2) is 36.1 Å². The molecule has 2 aliphatic rings. The van der Waals surface area contributed by atoms with Gasteiger partial charge in [-0.05, 0) is 55.0 Å². The molecule has 0 unspecified atom stereocenters. The first kappa shape index (κ1) is 24.0. The van der Waals surface area contributed by atoms with Crippen molar-refractivity contribution in [1.82, 2.24) is 9.97 Å². The summed E-state index contributed by atoms with van der Waals surface area (Å²) >= 11 is 0. The van der Waals surface area contributed by atoms with Crippen LogP contribution < -0.4 is 14.2 Å². The van der Waals surface area contributed by atoms with Crippen molar-refractivity contribution in [3.63, 3.8) is 0 Å². The molecular weight excluding hydrogens is 452 g/mol. The highest BCUT2D eigenvalue weighted by atomic mass is 16.5. The normalized spacial score (nSPS) is 14.9. The van der Waals surface area contributed by atoms with Crippen molar-refractivity contribution in [2.45, 2.75) is 58.0 Å². The molecule has 0 amide bonds. The number of aromatic nitrogens is 2. The molecule has 1 aromatic heterocycles. The Bertz CT molecular complexity index is 1290. The second kappa shape index (κ2) is 10.5. The average molecular weight is 485 g/mol. The molecule has 0 aliphatic heterocycles. The van der Waals surface area contributed by atoms with Crippen LogP contribution in [0.4, 0.5) is 0 Å². The Morgan fingerprint density at radius 2 is 1.78 bits per heavy atom. The third kappa shape index (κ3) is 4.85. The number of rotatable bonds is 9. The molecular formula is C30H32N2O4. The van der Waals surface area contributed by atoms with Gasteiger partial charge in [0.15, 0.2) is 5.78 Å². The summed E-state index contributed by atoms with van der Waals surface area (Å²) in [6.45, 7) is 1.86. The molecule has 36 heavy (non-hydrogen) atoms. The van der Waals surface area contributed by atoms with Gasteiger partial charge in [-0.15, -0.1) is 0 Å².